The van der Waals surface area contributed by atoms with Crippen molar-refractivity contribution < 1.29 is 0 Å². The first-order chi connectivity index (χ1) is 3.85. The van der Waals surface area contributed by atoms with Crippen LogP contribution in [0.25, 0.3) is 0 Å². The predicted molar refractivity (Wildman–Crippen MR) is 36.3 cm³/mol. The Kier molecular flexibility index (Phi) is 4.36. The third kappa shape index (κ3) is 2.64. The summed E-state index contributed by atoms with van der Waals surface area (Å²) in [6.45, 7) is 5.09. The van der Waals surface area contributed by atoms with Gasteiger partial charge in [0.2, 0.25) is 0 Å². The summed E-state index contributed by atoms with van der Waals surface area (Å²) in [5, 5.41) is 2.00. The fourth-order valence-electron chi connectivity index (χ4n) is 0.518. The Morgan fingerprint density at radius 3 is 2.38 bits per heavy atom. The van der Waals surface area contributed by atoms with Gasteiger partial charge in [-0.25, -0.2) is 5.43 Å². The van der Waals surface area contributed by atoms with Gasteiger partial charge in [-0.1, -0.05) is 6.08 Å². The number of nitrogens with one attached hydrogen (secondary N) is 1. The molecule has 0 spiro atoms. The molecule has 0 saturated carbocycles. The molecule has 0 radical (unpaired) electrons. The summed E-state index contributed by atoms with van der Waals surface area (Å²) in [6, 6.07) is 0. The van der Waals surface area contributed by atoms with Gasteiger partial charge in [0, 0.05) is 19.8 Å². The average molecular weight is 114 g/mol. The van der Waals surface area contributed by atoms with Gasteiger partial charge in [-0.3, -0.25) is 0 Å². The molecule has 48 valence electrons. The molecule has 0 heterocycles. The molecular weight excluding hydrogens is 100 g/mol. The lowest BCUT2D eigenvalue weighted by atomic mass is 10.6. The normalized spacial score (nSPS) is 10.4. The SMILES string of the molecule is C/C=C\N(CC)NC. The molecule has 0 fully saturated rings. The number of allylic oxidation sites excluding steroid dienone is 1. The largest absolute Gasteiger partial charge is 0.317 e. The van der Waals surface area contributed by atoms with Crippen molar-refractivity contribution >= 4 is 0 Å². The van der Waals surface area contributed by atoms with Gasteiger partial charge in [0.1, 0.15) is 0 Å². The van der Waals surface area contributed by atoms with Gasteiger partial charge in [-0.2, -0.15) is 0 Å². The van der Waals surface area contributed by atoms with E-state index in [1.165, 1.54) is 0 Å². The number of hydrazine groups is 1. The lowest BCUT2D eigenvalue weighted by Crippen LogP contribution is -2.28. The Morgan fingerprint density at radius 2 is 2.25 bits per heavy atom. The van der Waals surface area contributed by atoms with Crippen LogP contribution in [0.4, 0.5) is 0 Å². The smallest absolute Gasteiger partial charge is 0.0309 e. The van der Waals surface area contributed by atoms with Gasteiger partial charge in [0.15, 0.2) is 0 Å². The molecule has 0 aliphatic rings. The van der Waals surface area contributed by atoms with E-state index in [1.54, 1.807) is 0 Å². The Bertz CT molecular complexity index is 64.9. The van der Waals surface area contributed by atoms with Gasteiger partial charge in [-0.15, -0.1) is 0 Å². The molecule has 0 bridgehead atoms. The summed E-state index contributed by atoms with van der Waals surface area (Å²) in [7, 11) is 1.91. The van der Waals surface area contributed by atoms with Crippen LogP contribution in [0.15, 0.2) is 12.3 Å². The molecule has 2 nitrogen and oxygen atoms in total. The third-order valence-electron chi connectivity index (χ3n) is 0.957. The van der Waals surface area contributed by atoms with E-state index in [1.807, 2.05) is 31.3 Å². The lowest BCUT2D eigenvalue weighted by Gasteiger charge is -2.14. The Balaban J connectivity index is 3.36. The fourth-order valence-corrected chi connectivity index (χ4v) is 0.518. The second-order valence-electron chi connectivity index (χ2n) is 1.49. The fraction of sp³-hybridized carbons (Fsp3) is 0.667. The standard InChI is InChI=1S/C6H14N2/c1-4-6-8(5-2)7-3/h4,6-7H,5H2,1-3H3/b6-4-. The van der Waals surface area contributed by atoms with Gasteiger partial charge in [-0.05, 0) is 13.8 Å². The molecule has 8 heavy (non-hydrogen) atoms. The van der Waals surface area contributed by atoms with Crippen LogP contribution in [0.3, 0.4) is 0 Å². The summed E-state index contributed by atoms with van der Waals surface area (Å²) < 4.78 is 0. The minimum Gasteiger partial charge on any atom is -0.317 e. The highest BCUT2D eigenvalue weighted by atomic mass is 15.5. The van der Waals surface area contributed by atoms with Gasteiger partial charge in [0.25, 0.3) is 0 Å². The highest BCUT2D eigenvalue weighted by molar-refractivity contribution is 4.74. The Morgan fingerprint density at radius 1 is 1.62 bits per heavy atom. The summed E-state index contributed by atoms with van der Waals surface area (Å²) >= 11 is 0. The minimum absolute atomic E-state index is 1.00. The average Bonchev–Trinajstić information content (AvgIpc) is 1.83. The Hall–Kier alpha value is -0.500. The van der Waals surface area contributed by atoms with Gasteiger partial charge in [0.05, 0.1) is 0 Å². The van der Waals surface area contributed by atoms with Crippen LogP contribution in [-0.4, -0.2) is 18.6 Å². The van der Waals surface area contributed by atoms with Crippen LogP contribution in [0.2, 0.25) is 0 Å². The molecule has 0 aromatic rings. The molecule has 1 N–H and O–H groups in total. The number of hydrogen-bond acceptors (Lipinski definition) is 2. The second kappa shape index (κ2) is 4.65. The van der Waals surface area contributed by atoms with Crippen molar-refractivity contribution in [2.45, 2.75) is 13.8 Å². The van der Waals surface area contributed by atoms with E-state index in [0.717, 1.165) is 6.54 Å². The van der Waals surface area contributed by atoms with Crippen LogP contribution in [0.5, 0.6) is 0 Å². The van der Waals surface area contributed by atoms with Crippen molar-refractivity contribution in [3.8, 4) is 0 Å². The first kappa shape index (κ1) is 7.50. The first-order valence-electron chi connectivity index (χ1n) is 2.92. The molecular formula is C6H14N2. The highest BCUT2D eigenvalue weighted by Crippen LogP contribution is 1.79. The van der Waals surface area contributed by atoms with E-state index in [-0.39, 0.29) is 0 Å². The number of nitrogens with zero attached hydrogens (tertiary/aromatic N) is 1. The van der Waals surface area contributed by atoms with Gasteiger partial charge >= 0.3 is 0 Å². The maximum Gasteiger partial charge on any atom is 0.0309 e. The van der Waals surface area contributed by atoms with Crippen LogP contribution >= 0.6 is 0 Å². The van der Waals surface area contributed by atoms with Crippen molar-refractivity contribution in [3.05, 3.63) is 12.3 Å². The van der Waals surface area contributed by atoms with E-state index in [4.69, 9.17) is 0 Å². The lowest BCUT2D eigenvalue weighted by molar-refractivity contribution is 0.314. The summed E-state index contributed by atoms with van der Waals surface area (Å²) in [5.74, 6) is 0. The minimum atomic E-state index is 1.00. The summed E-state index contributed by atoms with van der Waals surface area (Å²) in [5.41, 5.74) is 3.00. The van der Waals surface area contributed by atoms with Crippen molar-refractivity contribution in [2.24, 2.45) is 0 Å². The van der Waals surface area contributed by atoms with E-state index < -0.39 is 0 Å². The molecule has 0 aromatic heterocycles. The molecule has 0 aliphatic heterocycles. The summed E-state index contributed by atoms with van der Waals surface area (Å²) in [6.07, 6.45) is 4.00. The van der Waals surface area contributed by atoms with E-state index >= 15 is 0 Å². The topological polar surface area (TPSA) is 15.3 Å². The van der Waals surface area contributed by atoms with Crippen LogP contribution in [0.1, 0.15) is 13.8 Å². The monoisotopic (exact) mass is 114 g/mol. The van der Waals surface area contributed by atoms with E-state index in [0.29, 0.717) is 0 Å². The van der Waals surface area contributed by atoms with Crippen molar-refractivity contribution in [1.82, 2.24) is 10.4 Å². The molecule has 0 atom stereocenters. The quantitative estimate of drug-likeness (QED) is 0.550. The maximum absolute atomic E-state index is 3.00. The highest BCUT2D eigenvalue weighted by Gasteiger charge is 1.83. The van der Waals surface area contributed by atoms with Crippen molar-refractivity contribution in [2.75, 3.05) is 13.6 Å². The molecule has 0 aliphatic carbocycles. The van der Waals surface area contributed by atoms with E-state index in [9.17, 15) is 0 Å². The first-order valence-corrected chi connectivity index (χ1v) is 2.92. The zero-order chi connectivity index (χ0) is 6.41. The predicted octanol–water partition coefficient (Wildman–Crippen LogP) is 0.976. The number of rotatable bonds is 3. The maximum atomic E-state index is 3.00. The van der Waals surface area contributed by atoms with Crippen LogP contribution in [0, 0.1) is 0 Å². The third-order valence-corrected chi connectivity index (χ3v) is 0.957. The molecule has 0 amide bonds. The van der Waals surface area contributed by atoms with Crippen molar-refractivity contribution in [3.63, 3.8) is 0 Å². The van der Waals surface area contributed by atoms with Gasteiger partial charge < -0.3 is 5.01 Å². The Labute approximate surface area is 51.2 Å². The molecule has 0 aromatic carbocycles. The summed E-state index contributed by atoms with van der Waals surface area (Å²) in [4.78, 5) is 0. The second-order valence-corrected chi connectivity index (χ2v) is 1.49. The van der Waals surface area contributed by atoms with Crippen LogP contribution < -0.4 is 5.43 Å². The van der Waals surface area contributed by atoms with Crippen molar-refractivity contribution in [1.29, 1.82) is 0 Å². The molecule has 0 unspecified atom stereocenters. The molecule has 0 rings (SSSR count). The molecule has 0 saturated heterocycles. The zero-order valence-corrected chi connectivity index (χ0v) is 5.81. The number of hydrogen-bond donors (Lipinski definition) is 1. The van der Waals surface area contributed by atoms with E-state index in [2.05, 4.69) is 12.3 Å². The van der Waals surface area contributed by atoms with Crippen LogP contribution in [-0.2, 0) is 0 Å². The zero-order valence-electron chi connectivity index (χ0n) is 5.81. The molecule has 2 heteroatoms.